The molecule has 1 aliphatic rings. The van der Waals surface area contributed by atoms with Crippen molar-refractivity contribution in [2.24, 2.45) is 0 Å². The fourth-order valence-corrected chi connectivity index (χ4v) is 2.56. The van der Waals surface area contributed by atoms with Crippen LogP contribution in [0.1, 0.15) is 30.5 Å². The van der Waals surface area contributed by atoms with Gasteiger partial charge in [-0.25, -0.2) is 0 Å². The summed E-state index contributed by atoms with van der Waals surface area (Å²) in [5, 5.41) is 3.40. The zero-order valence-electron chi connectivity index (χ0n) is 12.4. The molecule has 0 aromatic heterocycles. The first-order valence-corrected chi connectivity index (χ1v) is 7.06. The Balaban J connectivity index is 2.05. The molecule has 1 heterocycles. The van der Waals surface area contributed by atoms with Crippen LogP contribution in [-0.4, -0.2) is 36.0 Å². The molecule has 0 spiro atoms. The monoisotopic (exact) mass is 260 g/mol. The Labute approximate surface area is 116 Å². The van der Waals surface area contributed by atoms with Crippen LogP contribution in [0.15, 0.2) is 18.2 Å². The number of benzene rings is 1. The molecule has 0 bridgehead atoms. The molecule has 2 unspecified atom stereocenters. The first-order valence-electron chi connectivity index (χ1n) is 7.06. The van der Waals surface area contributed by atoms with Gasteiger partial charge in [0.05, 0.1) is 6.42 Å². The lowest BCUT2D eigenvalue weighted by molar-refractivity contribution is -0.133. The number of amides is 1. The summed E-state index contributed by atoms with van der Waals surface area (Å²) in [5.41, 5.74) is 3.65. The predicted molar refractivity (Wildman–Crippen MR) is 78.3 cm³/mol. The second kappa shape index (κ2) is 5.74. The van der Waals surface area contributed by atoms with Crippen LogP contribution in [0, 0.1) is 13.8 Å². The van der Waals surface area contributed by atoms with Crippen LogP contribution in [-0.2, 0) is 11.2 Å². The minimum atomic E-state index is 0.240. The van der Waals surface area contributed by atoms with Gasteiger partial charge in [-0.3, -0.25) is 4.79 Å². The number of carbonyl (C=O) groups is 1. The maximum atomic E-state index is 12.4. The van der Waals surface area contributed by atoms with Crippen molar-refractivity contribution in [3.05, 3.63) is 34.9 Å². The van der Waals surface area contributed by atoms with Crippen molar-refractivity contribution >= 4 is 5.91 Å². The third-order valence-corrected chi connectivity index (χ3v) is 4.01. The van der Waals surface area contributed by atoms with Crippen molar-refractivity contribution in [2.45, 2.75) is 46.2 Å². The topological polar surface area (TPSA) is 32.3 Å². The van der Waals surface area contributed by atoms with Gasteiger partial charge in [0.2, 0.25) is 5.91 Å². The fraction of sp³-hybridized carbons (Fsp3) is 0.562. The van der Waals surface area contributed by atoms with E-state index in [-0.39, 0.29) is 11.9 Å². The van der Waals surface area contributed by atoms with E-state index in [1.165, 1.54) is 11.1 Å². The third kappa shape index (κ3) is 3.35. The van der Waals surface area contributed by atoms with Crippen molar-refractivity contribution in [3.63, 3.8) is 0 Å². The summed E-state index contributed by atoms with van der Waals surface area (Å²) >= 11 is 0. The Bertz CT molecular complexity index is 470. The van der Waals surface area contributed by atoms with Crippen LogP contribution in [0.5, 0.6) is 0 Å². The van der Waals surface area contributed by atoms with Gasteiger partial charge in [-0.15, -0.1) is 0 Å². The first kappa shape index (κ1) is 14.1. The van der Waals surface area contributed by atoms with E-state index in [0.717, 1.165) is 18.7 Å². The predicted octanol–water partition coefficient (Wildman–Crippen LogP) is 2.05. The Morgan fingerprint density at radius 2 is 2.05 bits per heavy atom. The van der Waals surface area contributed by atoms with Crippen LogP contribution < -0.4 is 5.32 Å². The van der Waals surface area contributed by atoms with Gasteiger partial charge >= 0.3 is 0 Å². The molecule has 0 aliphatic carbocycles. The highest BCUT2D eigenvalue weighted by Crippen LogP contribution is 2.13. The minimum Gasteiger partial charge on any atom is -0.337 e. The Morgan fingerprint density at radius 1 is 1.32 bits per heavy atom. The van der Waals surface area contributed by atoms with E-state index in [4.69, 9.17) is 0 Å². The molecule has 1 amide bonds. The van der Waals surface area contributed by atoms with E-state index in [9.17, 15) is 4.79 Å². The molecule has 1 saturated heterocycles. The van der Waals surface area contributed by atoms with E-state index in [1.54, 1.807) is 0 Å². The van der Waals surface area contributed by atoms with Crippen LogP contribution in [0.4, 0.5) is 0 Å². The van der Waals surface area contributed by atoms with Gasteiger partial charge in [-0.1, -0.05) is 18.2 Å². The number of hydrogen-bond acceptors (Lipinski definition) is 2. The number of hydrogen-bond donors (Lipinski definition) is 1. The molecule has 3 heteroatoms. The lowest BCUT2D eigenvalue weighted by Gasteiger charge is -2.37. The van der Waals surface area contributed by atoms with Crippen molar-refractivity contribution in [3.8, 4) is 0 Å². The summed E-state index contributed by atoms with van der Waals surface area (Å²) in [6.07, 6.45) is 0.512. The molecule has 2 atom stereocenters. The minimum absolute atomic E-state index is 0.240. The Hall–Kier alpha value is -1.35. The first-order chi connectivity index (χ1) is 8.97. The average Bonchev–Trinajstić information content (AvgIpc) is 2.36. The van der Waals surface area contributed by atoms with Crippen LogP contribution in [0.25, 0.3) is 0 Å². The second-order valence-electron chi connectivity index (χ2n) is 5.80. The molecule has 1 aromatic carbocycles. The van der Waals surface area contributed by atoms with Gasteiger partial charge < -0.3 is 10.2 Å². The van der Waals surface area contributed by atoms with Crippen molar-refractivity contribution < 1.29 is 4.79 Å². The SMILES string of the molecule is Cc1ccc(CC(=O)N2CC(C)NCC2C)cc1C. The van der Waals surface area contributed by atoms with Crippen molar-refractivity contribution in [1.29, 1.82) is 0 Å². The lowest BCUT2D eigenvalue weighted by atomic mass is 10.0. The number of nitrogens with zero attached hydrogens (tertiary/aromatic N) is 1. The smallest absolute Gasteiger partial charge is 0.227 e. The summed E-state index contributed by atoms with van der Waals surface area (Å²) in [6.45, 7) is 10.1. The van der Waals surface area contributed by atoms with Gasteiger partial charge in [0, 0.05) is 25.2 Å². The number of carbonyl (C=O) groups excluding carboxylic acids is 1. The zero-order valence-corrected chi connectivity index (χ0v) is 12.4. The molecule has 3 nitrogen and oxygen atoms in total. The van der Waals surface area contributed by atoms with Crippen LogP contribution in [0.2, 0.25) is 0 Å². The molecule has 1 aliphatic heterocycles. The number of nitrogens with one attached hydrogen (secondary N) is 1. The third-order valence-electron chi connectivity index (χ3n) is 4.01. The summed E-state index contributed by atoms with van der Waals surface area (Å²) < 4.78 is 0. The quantitative estimate of drug-likeness (QED) is 0.882. The highest BCUT2D eigenvalue weighted by atomic mass is 16.2. The molecule has 0 saturated carbocycles. The highest BCUT2D eigenvalue weighted by molar-refractivity contribution is 5.79. The van der Waals surface area contributed by atoms with Crippen LogP contribution >= 0.6 is 0 Å². The zero-order chi connectivity index (χ0) is 14.0. The molecular formula is C16H24N2O. The van der Waals surface area contributed by atoms with E-state index in [1.807, 2.05) is 4.90 Å². The fourth-order valence-electron chi connectivity index (χ4n) is 2.56. The summed E-state index contributed by atoms with van der Waals surface area (Å²) in [6, 6.07) is 6.97. The number of rotatable bonds is 2. The normalized spacial score (nSPS) is 23.5. The molecule has 104 valence electrons. The van der Waals surface area contributed by atoms with E-state index in [2.05, 4.69) is 51.2 Å². The van der Waals surface area contributed by atoms with Crippen molar-refractivity contribution in [2.75, 3.05) is 13.1 Å². The average molecular weight is 260 g/mol. The van der Waals surface area contributed by atoms with Gasteiger partial charge in [-0.05, 0) is 44.4 Å². The maximum Gasteiger partial charge on any atom is 0.227 e. The molecule has 1 N–H and O–H groups in total. The summed E-state index contributed by atoms with van der Waals surface area (Å²) in [7, 11) is 0. The largest absolute Gasteiger partial charge is 0.337 e. The van der Waals surface area contributed by atoms with Gasteiger partial charge in [-0.2, -0.15) is 0 Å². The molecule has 2 rings (SSSR count). The van der Waals surface area contributed by atoms with Crippen LogP contribution in [0.3, 0.4) is 0 Å². The van der Waals surface area contributed by atoms with Gasteiger partial charge in [0.25, 0.3) is 0 Å². The molecular weight excluding hydrogens is 236 g/mol. The van der Waals surface area contributed by atoms with Crippen molar-refractivity contribution in [1.82, 2.24) is 10.2 Å². The summed E-state index contributed by atoms with van der Waals surface area (Å²) in [4.78, 5) is 14.4. The van der Waals surface area contributed by atoms with E-state index >= 15 is 0 Å². The molecule has 1 aromatic rings. The second-order valence-corrected chi connectivity index (χ2v) is 5.80. The maximum absolute atomic E-state index is 12.4. The lowest BCUT2D eigenvalue weighted by Crippen LogP contribution is -2.56. The van der Waals surface area contributed by atoms with E-state index < -0.39 is 0 Å². The number of piperazine rings is 1. The highest BCUT2D eigenvalue weighted by Gasteiger charge is 2.26. The standard InChI is InChI=1S/C16H24N2O/c1-11-5-6-15(7-12(11)2)8-16(19)18-10-13(3)17-9-14(18)4/h5-7,13-14,17H,8-10H2,1-4H3. The molecule has 1 fully saturated rings. The van der Waals surface area contributed by atoms with E-state index in [0.29, 0.717) is 12.5 Å². The van der Waals surface area contributed by atoms with Gasteiger partial charge in [0.15, 0.2) is 0 Å². The number of aryl methyl sites for hydroxylation is 2. The molecule has 19 heavy (non-hydrogen) atoms. The summed E-state index contributed by atoms with van der Waals surface area (Å²) in [5.74, 6) is 0.240. The Kier molecular flexibility index (Phi) is 4.25. The Morgan fingerprint density at radius 3 is 2.74 bits per heavy atom. The molecule has 0 radical (unpaired) electrons. The van der Waals surface area contributed by atoms with Gasteiger partial charge in [0.1, 0.15) is 0 Å².